The molecule has 0 aliphatic rings. The maximum Gasteiger partial charge on any atom is 0.306 e. The second-order valence-corrected chi connectivity index (χ2v) is 19.5. The summed E-state index contributed by atoms with van der Waals surface area (Å²) in [4.78, 5) is 37.1. The number of esters is 2. The Morgan fingerprint density at radius 2 is 0.825 bits per heavy atom. The van der Waals surface area contributed by atoms with E-state index in [4.69, 9.17) is 14.2 Å². The molecular weight excluding hydrogens is 787 g/mol. The summed E-state index contributed by atoms with van der Waals surface area (Å²) < 4.78 is 17.3. The molecule has 0 rings (SSSR count). The molecule has 0 fully saturated rings. The number of hydrogen-bond donors (Lipinski definition) is 0. The van der Waals surface area contributed by atoms with Crippen LogP contribution >= 0.6 is 0 Å². The van der Waals surface area contributed by atoms with Crippen LogP contribution in [-0.4, -0.2) is 75.5 Å². The van der Waals surface area contributed by atoms with E-state index in [9.17, 15) is 19.5 Å². The predicted molar refractivity (Wildman–Crippen MR) is 264 cm³/mol. The van der Waals surface area contributed by atoms with Crippen LogP contribution in [-0.2, 0) is 28.6 Å². The summed E-state index contributed by atoms with van der Waals surface area (Å²) in [7, 11) is 5.43. The van der Waals surface area contributed by atoms with Gasteiger partial charge < -0.3 is 28.6 Å². The van der Waals surface area contributed by atoms with Gasteiger partial charge in [-0.15, -0.1) is 0 Å². The van der Waals surface area contributed by atoms with Crippen LogP contribution < -0.4 is 5.11 Å². The topological polar surface area (TPSA) is 102 Å². The van der Waals surface area contributed by atoms with Crippen molar-refractivity contribution in [3.05, 3.63) is 24.3 Å². The average molecular weight is 890 g/mol. The minimum atomic E-state index is -1.12. The Bertz CT molecular complexity index is 1080. The molecule has 8 heteroatoms. The Morgan fingerprint density at radius 3 is 1.22 bits per heavy atom. The van der Waals surface area contributed by atoms with Crippen molar-refractivity contribution >= 4 is 17.9 Å². The Balaban J connectivity index is 4.19. The molecule has 2 unspecified atom stereocenters. The number of carbonyl (C=O) groups excluding carboxylic acids is 3. The fourth-order valence-corrected chi connectivity index (χ4v) is 8.18. The number of rotatable bonds is 49. The number of carboxylic acids is 1. The van der Waals surface area contributed by atoms with Crippen LogP contribution in [0, 0.1) is 0 Å². The van der Waals surface area contributed by atoms with Crippen LogP contribution in [0.5, 0.6) is 0 Å². The van der Waals surface area contributed by atoms with Gasteiger partial charge in [-0.2, -0.15) is 0 Å². The lowest BCUT2D eigenvalue weighted by Gasteiger charge is -2.34. The molecule has 0 aliphatic heterocycles. The zero-order valence-corrected chi connectivity index (χ0v) is 42.3. The lowest BCUT2D eigenvalue weighted by atomic mass is 10.0. The van der Waals surface area contributed by atoms with Crippen molar-refractivity contribution in [2.24, 2.45) is 0 Å². The molecule has 0 heterocycles. The quantitative estimate of drug-likeness (QED) is 0.0259. The van der Waals surface area contributed by atoms with E-state index in [1.165, 1.54) is 186 Å². The Kier molecular flexibility index (Phi) is 44.7. The molecule has 0 saturated heterocycles. The third-order valence-corrected chi connectivity index (χ3v) is 12.4. The molecule has 0 aromatic rings. The summed E-state index contributed by atoms with van der Waals surface area (Å²) in [5.74, 6) is -1.72. The number of nitrogens with zero attached hydrogens (tertiary/aromatic N) is 1. The molecule has 0 aromatic carbocycles. The van der Waals surface area contributed by atoms with Gasteiger partial charge in [0.2, 0.25) is 0 Å². The normalized spacial score (nSPS) is 13.0. The van der Waals surface area contributed by atoms with Crippen LogP contribution in [0.15, 0.2) is 24.3 Å². The average Bonchev–Trinajstić information content (AvgIpc) is 3.24. The lowest BCUT2D eigenvalue weighted by Crippen LogP contribution is -2.55. The van der Waals surface area contributed by atoms with Crippen LogP contribution in [0.3, 0.4) is 0 Å². The van der Waals surface area contributed by atoms with Crippen molar-refractivity contribution in [1.82, 2.24) is 0 Å². The molecule has 0 amide bonds. The molecule has 2 atom stereocenters. The van der Waals surface area contributed by atoms with E-state index in [0.29, 0.717) is 12.8 Å². The van der Waals surface area contributed by atoms with E-state index >= 15 is 0 Å². The number of hydrogen-bond acceptors (Lipinski definition) is 7. The first-order valence-corrected chi connectivity index (χ1v) is 26.9. The molecule has 370 valence electrons. The van der Waals surface area contributed by atoms with Crippen molar-refractivity contribution in [2.75, 3.05) is 41.0 Å². The standard InChI is InChI=1S/C55H103NO7/c1-6-8-10-12-14-16-18-20-22-24-26-28-30-32-34-36-38-40-42-44-46-54(58)63-51(49-61-48-47-52(55(59)60)56(3,4)5)50-62-53(57)45-43-41-39-37-35-33-31-29-27-25-23-21-19-17-15-13-11-9-7-2/h15,17,19,21,51-52H,6-14,16,18,20,22-50H2,1-5H3/b17-15+,21-19+. The van der Waals surface area contributed by atoms with Crippen molar-refractivity contribution in [1.29, 1.82) is 0 Å². The van der Waals surface area contributed by atoms with Gasteiger partial charge in [-0.05, 0) is 38.5 Å². The van der Waals surface area contributed by atoms with Crippen LogP contribution in [0.25, 0.3) is 0 Å². The predicted octanol–water partition coefficient (Wildman–Crippen LogP) is 14.3. The molecule has 0 saturated carbocycles. The van der Waals surface area contributed by atoms with Crippen molar-refractivity contribution < 1.29 is 38.2 Å². The molecule has 0 N–H and O–H groups in total. The second kappa shape index (κ2) is 46.3. The van der Waals surface area contributed by atoms with Crippen molar-refractivity contribution in [2.45, 2.75) is 270 Å². The third-order valence-electron chi connectivity index (χ3n) is 12.4. The maximum atomic E-state index is 12.8. The monoisotopic (exact) mass is 890 g/mol. The Hall–Kier alpha value is -2.19. The summed E-state index contributed by atoms with van der Waals surface area (Å²) in [5.41, 5.74) is 0. The fraction of sp³-hybridized carbons (Fsp3) is 0.873. The first-order valence-electron chi connectivity index (χ1n) is 26.9. The number of allylic oxidation sites excluding steroid dienone is 4. The van der Waals surface area contributed by atoms with Gasteiger partial charge in [0.25, 0.3) is 0 Å². The molecule has 63 heavy (non-hydrogen) atoms. The number of unbranched alkanes of at least 4 members (excludes halogenated alkanes) is 32. The van der Waals surface area contributed by atoms with Crippen LogP contribution in [0.2, 0.25) is 0 Å². The number of likely N-dealkylation sites (N-methyl/N-ethyl adjacent to an activating group) is 1. The number of carboxylic acid groups (broad SMARTS) is 1. The van der Waals surface area contributed by atoms with E-state index in [1.807, 2.05) is 21.1 Å². The summed E-state index contributed by atoms with van der Waals surface area (Å²) in [6, 6.07) is -0.724. The zero-order valence-electron chi connectivity index (χ0n) is 42.3. The summed E-state index contributed by atoms with van der Waals surface area (Å²) in [6.45, 7) is 4.68. The summed E-state index contributed by atoms with van der Waals surface area (Å²) in [6.07, 6.45) is 53.5. The maximum absolute atomic E-state index is 12.8. The molecule has 0 radical (unpaired) electrons. The highest BCUT2D eigenvalue weighted by Crippen LogP contribution is 2.17. The number of aliphatic carboxylic acids is 1. The molecule has 0 bridgehead atoms. The molecular formula is C55H103NO7. The van der Waals surface area contributed by atoms with Gasteiger partial charge in [-0.25, -0.2) is 0 Å². The first-order chi connectivity index (χ1) is 30.6. The number of quaternary nitrogens is 1. The minimum Gasteiger partial charge on any atom is -0.544 e. The van der Waals surface area contributed by atoms with Gasteiger partial charge in [-0.3, -0.25) is 9.59 Å². The van der Waals surface area contributed by atoms with Gasteiger partial charge in [0.05, 0.1) is 40.3 Å². The Labute approximate surface area is 390 Å². The van der Waals surface area contributed by atoms with Crippen molar-refractivity contribution in [3.8, 4) is 0 Å². The van der Waals surface area contributed by atoms with Gasteiger partial charge in [0, 0.05) is 19.3 Å². The largest absolute Gasteiger partial charge is 0.544 e. The van der Waals surface area contributed by atoms with Gasteiger partial charge in [0.15, 0.2) is 6.10 Å². The summed E-state index contributed by atoms with van der Waals surface area (Å²) in [5, 5.41) is 11.7. The number of ether oxygens (including phenoxy) is 3. The smallest absolute Gasteiger partial charge is 0.306 e. The van der Waals surface area contributed by atoms with Gasteiger partial charge in [-0.1, -0.05) is 224 Å². The lowest BCUT2D eigenvalue weighted by molar-refractivity contribution is -0.889. The summed E-state index contributed by atoms with van der Waals surface area (Å²) >= 11 is 0. The van der Waals surface area contributed by atoms with E-state index in [-0.39, 0.29) is 42.7 Å². The molecule has 0 aliphatic carbocycles. The first kappa shape index (κ1) is 60.8. The Morgan fingerprint density at radius 1 is 0.476 bits per heavy atom. The van der Waals surface area contributed by atoms with E-state index in [1.54, 1.807) is 0 Å². The fourth-order valence-electron chi connectivity index (χ4n) is 8.18. The highest BCUT2D eigenvalue weighted by molar-refractivity contribution is 5.70. The molecule has 0 aromatic heterocycles. The molecule has 8 nitrogen and oxygen atoms in total. The highest BCUT2D eigenvalue weighted by atomic mass is 16.6. The van der Waals surface area contributed by atoms with E-state index < -0.39 is 18.1 Å². The highest BCUT2D eigenvalue weighted by Gasteiger charge is 2.25. The third kappa shape index (κ3) is 44.8. The van der Waals surface area contributed by atoms with Gasteiger partial charge in [0.1, 0.15) is 12.6 Å². The number of carbonyl (C=O) groups is 3. The minimum absolute atomic E-state index is 0.0447. The second-order valence-electron chi connectivity index (χ2n) is 19.5. The van der Waals surface area contributed by atoms with Crippen LogP contribution in [0.1, 0.15) is 258 Å². The zero-order chi connectivity index (χ0) is 46.3. The van der Waals surface area contributed by atoms with Gasteiger partial charge >= 0.3 is 11.9 Å². The molecule has 0 spiro atoms. The van der Waals surface area contributed by atoms with E-state index in [0.717, 1.165) is 38.5 Å². The van der Waals surface area contributed by atoms with Crippen LogP contribution in [0.4, 0.5) is 0 Å². The van der Waals surface area contributed by atoms with E-state index in [2.05, 4.69) is 38.2 Å². The SMILES string of the molecule is CCCCC/C=C/C=C/CCCCCCCCCCCCC(=O)OCC(COCCC(C(=O)[O-])[N+](C)(C)C)OC(=O)CCCCCCCCCCCCCCCCCCCCCC. The van der Waals surface area contributed by atoms with Crippen molar-refractivity contribution in [3.63, 3.8) is 0 Å².